The Morgan fingerprint density at radius 1 is 1.55 bits per heavy atom. The quantitative estimate of drug-likeness (QED) is 0.386. The summed E-state index contributed by atoms with van der Waals surface area (Å²) in [5.41, 5.74) is 3.68. The molecule has 0 bridgehead atoms. The Morgan fingerprint density at radius 3 is 2.82 bits per heavy atom. The van der Waals surface area contributed by atoms with Crippen LogP contribution in [0.2, 0.25) is 0 Å². The summed E-state index contributed by atoms with van der Waals surface area (Å²) in [4.78, 5) is 8.10. The van der Waals surface area contributed by atoms with E-state index in [2.05, 4.69) is 22.6 Å². The first kappa shape index (κ1) is 8.27. The third-order valence-corrected chi connectivity index (χ3v) is 1.48. The second kappa shape index (κ2) is 3.53. The second-order valence-corrected chi connectivity index (χ2v) is 2.63. The molecule has 0 aliphatic carbocycles. The monoisotopic (exact) mass is 166 g/mol. The van der Waals surface area contributed by atoms with Gasteiger partial charge in [0.1, 0.15) is 0 Å². The number of aryl methyl sites for hydroxylation is 2. The first-order chi connectivity index (χ1) is 5.24. The van der Waals surface area contributed by atoms with E-state index >= 15 is 0 Å². The van der Waals surface area contributed by atoms with Gasteiger partial charge in [-0.05, 0) is 25.0 Å². The fraction of sp³-hybridized carbons (Fsp3) is 0.250. The maximum absolute atomic E-state index is 4.12. The van der Waals surface area contributed by atoms with Gasteiger partial charge in [0.15, 0.2) is 5.82 Å². The standard InChI is InChI=1S/C8H10N2S/c1-6-3-7(2)8(9-4-6)10-5-11/h3-5H,1-2H3,(H,9,10,11). The number of nitrogens with zero attached hydrogens (tertiary/aromatic N) is 2. The zero-order valence-corrected chi connectivity index (χ0v) is 7.47. The maximum Gasteiger partial charge on any atom is 0.155 e. The van der Waals surface area contributed by atoms with Gasteiger partial charge in [-0.3, -0.25) is 0 Å². The minimum absolute atomic E-state index is 0.741. The number of rotatable bonds is 1. The Balaban J connectivity index is 3.09. The summed E-state index contributed by atoms with van der Waals surface area (Å²) in [6.07, 6.45) is 1.79. The van der Waals surface area contributed by atoms with Gasteiger partial charge in [0.25, 0.3) is 0 Å². The van der Waals surface area contributed by atoms with Gasteiger partial charge in [0.05, 0.1) is 5.55 Å². The van der Waals surface area contributed by atoms with Gasteiger partial charge in [0, 0.05) is 6.20 Å². The molecular formula is C8H10N2S. The summed E-state index contributed by atoms with van der Waals surface area (Å²) in [5.74, 6) is 0.741. The van der Waals surface area contributed by atoms with E-state index in [0.29, 0.717) is 0 Å². The molecule has 1 aromatic rings. The molecule has 1 heterocycles. The zero-order valence-electron chi connectivity index (χ0n) is 6.57. The highest BCUT2D eigenvalue weighted by atomic mass is 32.1. The molecule has 0 fully saturated rings. The number of hydrogen-bond donors (Lipinski definition) is 1. The predicted molar refractivity (Wildman–Crippen MR) is 50.8 cm³/mol. The lowest BCUT2D eigenvalue weighted by atomic mass is 10.2. The molecule has 0 aromatic carbocycles. The van der Waals surface area contributed by atoms with E-state index < -0.39 is 0 Å². The van der Waals surface area contributed by atoms with E-state index in [9.17, 15) is 0 Å². The normalized spacial score (nSPS) is 10.8. The molecule has 0 unspecified atom stereocenters. The van der Waals surface area contributed by atoms with Crippen molar-refractivity contribution in [1.29, 1.82) is 0 Å². The van der Waals surface area contributed by atoms with Crippen LogP contribution in [0, 0.1) is 13.8 Å². The smallest absolute Gasteiger partial charge is 0.155 e. The van der Waals surface area contributed by atoms with Crippen LogP contribution in [0.3, 0.4) is 0 Å². The summed E-state index contributed by atoms with van der Waals surface area (Å²) < 4.78 is 0. The molecule has 1 aromatic heterocycles. The fourth-order valence-corrected chi connectivity index (χ4v) is 1.01. The largest absolute Gasteiger partial charge is 0.237 e. The van der Waals surface area contributed by atoms with Crippen LogP contribution in [0.5, 0.6) is 0 Å². The second-order valence-electron chi connectivity index (χ2n) is 2.40. The van der Waals surface area contributed by atoms with Gasteiger partial charge in [-0.1, -0.05) is 6.07 Å². The molecule has 0 atom stereocenters. The Kier molecular flexibility index (Phi) is 2.65. The van der Waals surface area contributed by atoms with E-state index in [0.717, 1.165) is 16.9 Å². The topological polar surface area (TPSA) is 25.2 Å². The minimum atomic E-state index is 0.741. The molecule has 0 aliphatic rings. The average molecular weight is 166 g/mol. The molecule has 2 nitrogen and oxygen atoms in total. The third-order valence-electron chi connectivity index (χ3n) is 1.37. The van der Waals surface area contributed by atoms with E-state index in [1.165, 1.54) is 5.55 Å². The molecule has 0 aliphatic heterocycles. The Morgan fingerprint density at radius 2 is 2.27 bits per heavy atom. The number of pyridine rings is 1. The summed E-state index contributed by atoms with van der Waals surface area (Å²) in [6, 6.07) is 2.04. The van der Waals surface area contributed by atoms with Gasteiger partial charge in [-0.2, -0.15) is 0 Å². The minimum Gasteiger partial charge on any atom is -0.237 e. The van der Waals surface area contributed by atoms with Crippen molar-refractivity contribution in [1.82, 2.24) is 4.98 Å². The van der Waals surface area contributed by atoms with Crippen LogP contribution in [-0.2, 0) is 0 Å². The van der Waals surface area contributed by atoms with Gasteiger partial charge in [0.2, 0.25) is 0 Å². The van der Waals surface area contributed by atoms with Crippen LogP contribution in [0.1, 0.15) is 11.1 Å². The fourth-order valence-electron chi connectivity index (χ4n) is 0.898. The Labute approximate surface area is 71.8 Å². The van der Waals surface area contributed by atoms with Crippen molar-refractivity contribution in [2.24, 2.45) is 4.99 Å². The first-order valence-corrected chi connectivity index (χ1v) is 3.85. The SMILES string of the molecule is Cc1cnc(/N=C\S)c(C)c1. The summed E-state index contributed by atoms with van der Waals surface area (Å²) in [6.45, 7) is 3.99. The van der Waals surface area contributed by atoms with Crippen molar-refractivity contribution < 1.29 is 0 Å². The zero-order chi connectivity index (χ0) is 8.27. The van der Waals surface area contributed by atoms with Crippen molar-refractivity contribution in [2.45, 2.75) is 13.8 Å². The Bertz CT molecular complexity index is 281. The highest BCUT2D eigenvalue weighted by molar-refractivity contribution is 7.94. The first-order valence-electron chi connectivity index (χ1n) is 3.34. The highest BCUT2D eigenvalue weighted by Crippen LogP contribution is 2.14. The van der Waals surface area contributed by atoms with Gasteiger partial charge >= 0.3 is 0 Å². The van der Waals surface area contributed by atoms with Crippen LogP contribution in [0.4, 0.5) is 5.82 Å². The maximum atomic E-state index is 4.12. The van der Waals surface area contributed by atoms with Crippen LogP contribution in [0.15, 0.2) is 17.3 Å². The van der Waals surface area contributed by atoms with Crippen molar-refractivity contribution >= 4 is 24.0 Å². The van der Waals surface area contributed by atoms with E-state index in [1.54, 1.807) is 6.20 Å². The Hall–Kier alpha value is -0.830. The van der Waals surface area contributed by atoms with Crippen LogP contribution in [-0.4, -0.2) is 10.5 Å². The molecule has 11 heavy (non-hydrogen) atoms. The van der Waals surface area contributed by atoms with Crippen molar-refractivity contribution in [2.75, 3.05) is 0 Å². The van der Waals surface area contributed by atoms with Crippen molar-refractivity contribution in [3.63, 3.8) is 0 Å². The summed E-state index contributed by atoms with van der Waals surface area (Å²) >= 11 is 3.87. The molecule has 0 radical (unpaired) electrons. The molecule has 0 saturated heterocycles. The van der Waals surface area contributed by atoms with Crippen molar-refractivity contribution in [3.8, 4) is 0 Å². The van der Waals surface area contributed by atoms with Crippen LogP contribution in [0.25, 0.3) is 0 Å². The van der Waals surface area contributed by atoms with Crippen LogP contribution < -0.4 is 0 Å². The lowest BCUT2D eigenvalue weighted by molar-refractivity contribution is 1.19. The summed E-state index contributed by atoms with van der Waals surface area (Å²) in [5, 5.41) is 0. The average Bonchev–Trinajstić information content (AvgIpc) is 1.95. The van der Waals surface area contributed by atoms with E-state index in [-0.39, 0.29) is 0 Å². The number of aliphatic imine (C=N–C) groups is 1. The molecule has 58 valence electrons. The van der Waals surface area contributed by atoms with Gasteiger partial charge < -0.3 is 0 Å². The number of aromatic nitrogens is 1. The van der Waals surface area contributed by atoms with Gasteiger partial charge in [-0.15, -0.1) is 12.6 Å². The molecule has 3 heteroatoms. The summed E-state index contributed by atoms with van der Waals surface area (Å²) in [7, 11) is 0. The van der Waals surface area contributed by atoms with Gasteiger partial charge in [-0.25, -0.2) is 9.98 Å². The van der Waals surface area contributed by atoms with Crippen molar-refractivity contribution in [3.05, 3.63) is 23.4 Å². The predicted octanol–water partition coefficient (Wildman–Crippen LogP) is 2.29. The highest BCUT2D eigenvalue weighted by Gasteiger charge is 1.95. The lowest BCUT2D eigenvalue weighted by Crippen LogP contribution is -1.81. The number of hydrogen-bond acceptors (Lipinski definition) is 2. The van der Waals surface area contributed by atoms with Crippen LogP contribution >= 0.6 is 12.6 Å². The molecule has 0 saturated carbocycles. The van der Waals surface area contributed by atoms with E-state index in [1.807, 2.05) is 19.9 Å². The lowest BCUT2D eigenvalue weighted by Gasteiger charge is -1.98. The van der Waals surface area contributed by atoms with E-state index in [4.69, 9.17) is 0 Å². The molecular weight excluding hydrogens is 156 g/mol. The molecule has 0 N–H and O–H groups in total. The molecule has 1 rings (SSSR count). The molecule has 0 spiro atoms. The number of thiol groups is 1. The molecule has 0 amide bonds. The third kappa shape index (κ3) is 2.05.